The van der Waals surface area contributed by atoms with Gasteiger partial charge in [0.05, 0.1) is 12.1 Å². The number of rotatable bonds is 5. The number of aryl methyl sites for hydroxylation is 1. The van der Waals surface area contributed by atoms with Gasteiger partial charge in [0, 0.05) is 37.1 Å². The second kappa shape index (κ2) is 6.51. The van der Waals surface area contributed by atoms with Crippen LogP contribution in [0, 0.1) is 5.92 Å². The van der Waals surface area contributed by atoms with Crippen LogP contribution in [0.25, 0.3) is 0 Å². The normalized spacial score (nSPS) is 20.0. The SMILES string of the molecule is Cn1cc([C@@H]2C[C@H]2C(=O)O[C@H](c2ccccc2)c2ccncc2)cn1. The van der Waals surface area contributed by atoms with Gasteiger partial charge in [-0.05, 0) is 29.7 Å². The number of hydrogen-bond acceptors (Lipinski definition) is 4. The average molecular weight is 333 g/mol. The zero-order valence-electron chi connectivity index (χ0n) is 13.9. The van der Waals surface area contributed by atoms with Crippen molar-refractivity contribution in [1.29, 1.82) is 0 Å². The number of hydrogen-bond donors (Lipinski definition) is 0. The predicted molar refractivity (Wildman–Crippen MR) is 92.7 cm³/mol. The van der Waals surface area contributed by atoms with Crippen LogP contribution in [0.2, 0.25) is 0 Å². The lowest BCUT2D eigenvalue weighted by molar-refractivity contribution is -0.149. The largest absolute Gasteiger partial charge is 0.452 e. The molecule has 1 aromatic carbocycles. The van der Waals surface area contributed by atoms with Gasteiger partial charge in [-0.25, -0.2) is 0 Å². The van der Waals surface area contributed by atoms with Crippen LogP contribution >= 0.6 is 0 Å². The topological polar surface area (TPSA) is 57.0 Å². The molecule has 3 atom stereocenters. The number of carbonyl (C=O) groups is 1. The summed E-state index contributed by atoms with van der Waals surface area (Å²) in [5, 5.41) is 4.19. The molecule has 25 heavy (non-hydrogen) atoms. The number of pyridine rings is 1. The van der Waals surface area contributed by atoms with Crippen molar-refractivity contribution in [2.75, 3.05) is 0 Å². The fourth-order valence-electron chi connectivity index (χ4n) is 3.15. The van der Waals surface area contributed by atoms with E-state index in [0.29, 0.717) is 0 Å². The zero-order valence-corrected chi connectivity index (χ0v) is 13.9. The molecule has 0 saturated heterocycles. The van der Waals surface area contributed by atoms with Crippen LogP contribution in [-0.2, 0) is 16.6 Å². The van der Waals surface area contributed by atoms with Crippen LogP contribution in [0.5, 0.6) is 0 Å². The van der Waals surface area contributed by atoms with Crippen LogP contribution in [0.4, 0.5) is 0 Å². The summed E-state index contributed by atoms with van der Waals surface area (Å²) >= 11 is 0. The molecule has 0 amide bonds. The Morgan fingerprint density at radius 2 is 1.88 bits per heavy atom. The minimum absolute atomic E-state index is 0.0859. The third kappa shape index (κ3) is 3.31. The molecule has 3 aromatic rings. The number of aromatic nitrogens is 3. The van der Waals surface area contributed by atoms with Gasteiger partial charge in [0.25, 0.3) is 0 Å². The molecule has 1 fully saturated rings. The molecule has 5 heteroatoms. The number of benzene rings is 1. The predicted octanol–water partition coefficient (Wildman–Crippen LogP) is 3.25. The van der Waals surface area contributed by atoms with Crippen molar-refractivity contribution in [3.05, 3.63) is 83.9 Å². The molecule has 5 nitrogen and oxygen atoms in total. The minimum atomic E-state index is -0.410. The number of nitrogens with zero attached hydrogens (tertiary/aromatic N) is 3. The highest BCUT2D eigenvalue weighted by Crippen LogP contribution is 2.48. The van der Waals surface area contributed by atoms with E-state index in [4.69, 9.17) is 4.74 Å². The molecular weight excluding hydrogens is 314 g/mol. The van der Waals surface area contributed by atoms with Gasteiger partial charge in [-0.3, -0.25) is 14.5 Å². The lowest BCUT2D eigenvalue weighted by atomic mass is 10.0. The molecule has 2 heterocycles. The summed E-state index contributed by atoms with van der Waals surface area (Å²) in [6.45, 7) is 0. The van der Waals surface area contributed by atoms with Crippen molar-refractivity contribution in [3.63, 3.8) is 0 Å². The van der Waals surface area contributed by atoms with E-state index in [1.165, 1.54) is 0 Å². The van der Waals surface area contributed by atoms with Crippen molar-refractivity contribution < 1.29 is 9.53 Å². The van der Waals surface area contributed by atoms with E-state index in [1.54, 1.807) is 17.1 Å². The Balaban J connectivity index is 1.52. The Hall–Kier alpha value is -2.95. The number of carbonyl (C=O) groups excluding carboxylic acids is 1. The van der Waals surface area contributed by atoms with E-state index in [0.717, 1.165) is 23.1 Å². The molecule has 0 N–H and O–H groups in total. The van der Waals surface area contributed by atoms with Gasteiger partial charge < -0.3 is 4.74 Å². The van der Waals surface area contributed by atoms with E-state index in [2.05, 4.69) is 10.1 Å². The molecule has 1 aliphatic carbocycles. The summed E-state index contributed by atoms with van der Waals surface area (Å²) in [7, 11) is 1.88. The molecule has 0 aliphatic heterocycles. The maximum Gasteiger partial charge on any atom is 0.310 e. The van der Waals surface area contributed by atoms with Gasteiger partial charge in [-0.15, -0.1) is 0 Å². The van der Waals surface area contributed by atoms with Crippen molar-refractivity contribution in [2.45, 2.75) is 18.4 Å². The highest BCUT2D eigenvalue weighted by Gasteiger charge is 2.46. The summed E-state index contributed by atoms with van der Waals surface area (Å²) in [5.41, 5.74) is 2.98. The van der Waals surface area contributed by atoms with Crippen LogP contribution in [0.15, 0.2) is 67.3 Å². The van der Waals surface area contributed by atoms with E-state index >= 15 is 0 Å². The number of esters is 1. The minimum Gasteiger partial charge on any atom is -0.452 e. The van der Waals surface area contributed by atoms with Crippen molar-refractivity contribution in [3.8, 4) is 0 Å². The Morgan fingerprint density at radius 3 is 2.56 bits per heavy atom. The lowest BCUT2D eigenvalue weighted by Gasteiger charge is -2.18. The fourth-order valence-corrected chi connectivity index (χ4v) is 3.15. The average Bonchev–Trinajstić information content (AvgIpc) is 3.35. The molecular formula is C20H19N3O2. The summed E-state index contributed by atoms with van der Waals surface area (Å²) in [6.07, 6.45) is 7.64. The Morgan fingerprint density at radius 1 is 1.16 bits per heavy atom. The van der Waals surface area contributed by atoms with Crippen molar-refractivity contribution in [1.82, 2.24) is 14.8 Å². The monoisotopic (exact) mass is 333 g/mol. The van der Waals surface area contributed by atoms with Gasteiger partial charge in [-0.1, -0.05) is 30.3 Å². The van der Waals surface area contributed by atoms with Crippen molar-refractivity contribution in [2.24, 2.45) is 13.0 Å². The fraction of sp³-hybridized carbons (Fsp3) is 0.250. The summed E-state index contributed by atoms with van der Waals surface area (Å²) in [5.74, 6) is -0.0215. The molecule has 1 saturated carbocycles. The van der Waals surface area contributed by atoms with Crippen LogP contribution < -0.4 is 0 Å². The van der Waals surface area contributed by atoms with Gasteiger partial charge in [-0.2, -0.15) is 5.10 Å². The Labute approximate surface area is 146 Å². The van der Waals surface area contributed by atoms with Crippen LogP contribution in [0.3, 0.4) is 0 Å². The lowest BCUT2D eigenvalue weighted by Crippen LogP contribution is -2.15. The summed E-state index contributed by atoms with van der Waals surface area (Å²) in [4.78, 5) is 16.7. The highest BCUT2D eigenvalue weighted by molar-refractivity contribution is 5.78. The first kappa shape index (κ1) is 15.6. The third-order valence-electron chi connectivity index (χ3n) is 4.59. The van der Waals surface area contributed by atoms with Gasteiger partial charge in [0.15, 0.2) is 6.10 Å². The van der Waals surface area contributed by atoms with E-state index in [-0.39, 0.29) is 17.8 Å². The molecule has 0 radical (unpaired) electrons. The zero-order chi connectivity index (χ0) is 17.2. The quantitative estimate of drug-likeness (QED) is 0.673. The smallest absolute Gasteiger partial charge is 0.310 e. The second-order valence-corrected chi connectivity index (χ2v) is 6.40. The number of ether oxygens (including phenoxy) is 1. The first-order chi connectivity index (χ1) is 12.2. The first-order valence-corrected chi connectivity index (χ1v) is 8.36. The molecule has 1 aliphatic rings. The molecule has 0 unspecified atom stereocenters. The van der Waals surface area contributed by atoms with E-state index in [9.17, 15) is 4.79 Å². The first-order valence-electron chi connectivity index (χ1n) is 8.36. The maximum absolute atomic E-state index is 12.7. The van der Waals surface area contributed by atoms with Crippen LogP contribution in [-0.4, -0.2) is 20.7 Å². The highest BCUT2D eigenvalue weighted by atomic mass is 16.5. The van der Waals surface area contributed by atoms with Gasteiger partial charge >= 0.3 is 5.97 Å². The van der Waals surface area contributed by atoms with E-state index < -0.39 is 6.10 Å². The summed E-state index contributed by atoms with van der Waals surface area (Å²) < 4.78 is 7.67. The Bertz CT molecular complexity index is 821. The molecule has 0 spiro atoms. The summed E-state index contributed by atoms with van der Waals surface area (Å²) in [6, 6.07) is 13.6. The molecule has 0 bridgehead atoms. The van der Waals surface area contributed by atoms with Crippen LogP contribution in [0.1, 0.15) is 35.1 Å². The van der Waals surface area contributed by atoms with Gasteiger partial charge in [0.1, 0.15) is 0 Å². The Kier molecular flexibility index (Phi) is 4.06. The van der Waals surface area contributed by atoms with Crippen molar-refractivity contribution >= 4 is 5.97 Å². The molecule has 126 valence electrons. The van der Waals surface area contributed by atoms with E-state index in [1.807, 2.05) is 61.9 Å². The van der Waals surface area contributed by atoms with Gasteiger partial charge in [0.2, 0.25) is 0 Å². The second-order valence-electron chi connectivity index (χ2n) is 6.40. The third-order valence-corrected chi connectivity index (χ3v) is 4.59. The molecule has 4 rings (SSSR count). The maximum atomic E-state index is 12.7. The standard InChI is InChI=1S/C20H19N3O2/c1-23-13-16(12-22-23)17-11-18(17)20(24)25-19(14-5-3-2-4-6-14)15-7-9-21-10-8-15/h2-10,12-13,17-19H,11H2,1H3/t17-,18+,19+/m0/s1. The molecule has 2 aromatic heterocycles.